The van der Waals surface area contributed by atoms with Gasteiger partial charge in [-0.25, -0.2) is 9.97 Å². The molecule has 1 aliphatic rings. The van der Waals surface area contributed by atoms with Gasteiger partial charge in [0.2, 0.25) is 21.5 Å². The van der Waals surface area contributed by atoms with E-state index in [0.29, 0.717) is 24.2 Å². The summed E-state index contributed by atoms with van der Waals surface area (Å²) in [6.45, 7) is 10.8. The molecule has 0 bridgehead atoms. The van der Waals surface area contributed by atoms with Gasteiger partial charge in [-0.1, -0.05) is 32.9 Å². The van der Waals surface area contributed by atoms with Crippen molar-refractivity contribution < 1.29 is 31.9 Å². The highest BCUT2D eigenvalue weighted by molar-refractivity contribution is 6.31. The summed E-state index contributed by atoms with van der Waals surface area (Å²) in [5.74, 6) is -1.31. The van der Waals surface area contributed by atoms with E-state index in [1.165, 1.54) is 43.0 Å². The molecule has 1 aromatic carbocycles. The van der Waals surface area contributed by atoms with Crippen LogP contribution in [-0.4, -0.2) is 59.8 Å². The van der Waals surface area contributed by atoms with Crippen LogP contribution in [-0.2, 0) is 32.1 Å². The van der Waals surface area contributed by atoms with Crippen molar-refractivity contribution in [1.82, 2.24) is 19.5 Å². The standard InChI is InChI=1S/C31H32F3N5O4Si/c1-28(2,3)44-43-29(4,5)30(15-42-16-30)39-14-22(21-13-36-17-38-27(21)39)26(41)25-19(7-6-10-37-25)20-11-18(12-24(35)40)8-9-23(20)31(32,33)34/h6-11,13-14,17H,12,15-16H2,1-5H3,(H2,35,40). The molecule has 4 heterocycles. The van der Waals surface area contributed by atoms with E-state index in [-0.39, 0.29) is 49.2 Å². The minimum atomic E-state index is -4.74. The number of fused-ring (bicyclic) bond motifs is 1. The number of rotatable bonds is 9. The Balaban J connectivity index is 1.66. The quantitative estimate of drug-likeness (QED) is 0.203. The van der Waals surface area contributed by atoms with Crippen molar-refractivity contribution in [2.45, 2.75) is 63.4 Å². The summed E-state index contributed by atoms with van der Waals surface area (Å²) in [5, 5.41) is 0.331. The van der Waals surface area contributed by atoms with Gasteiger partial charge < -0.3 is 19.5 Å². The van der Waals surface area contributed by atoms with Gasteiger partial charge in [0.15, 0.2) is 0 Å². The van der Waals surface area contributed by atoms with E-state index in [1.54, 1.807) is 6.20 Å². The fourth-order valence-electron chi connectivity index (χ4n) is 5.22. The average molecular weight is 624 g/mol. The van der Waals surface area contributed by atoms with Gasteiger partial charge in [-0.2, -0.15) is 13.2 Å². The summed E-state index contributed by atoms with van der Waals surface area (Å²) in [7, 11) is 0.179. The highest BCUT2D eigenvalue weighted by atomic mass is 28.2. The predicted molar refractivity (Wildman–Crippen MR) is 158 cm³/mol. The Morgan fingerprint density at radius 1 is 1.09 bits per heavy atom. The van der Waals surface area contributed by atoms with Gasteiger partial charge in [0.05, 0.1) is 36.4 Å². The lowest BCUT2D eigenvalue weighted by molar-refractivity contribution is -0.184. The number of aromatic nitrogens is 4. The minimum absolute atomic E-state index is 0.0365. The van der Waals surface area contributed by atoms with E-state index in [1.807, 2.05) is 18.4 Å². The molecular formula is C31H32F3N5O4Si. The molecule has 0 saturated carbocycles. The molecule has 0 aliphatic carbocycles. The highest BCUT2D eigenvalue weighted by Gasteiger charge is 2.54. The second kappa shape index (κ2) is 11.2. The van der Waals surface area contributed by atoms with Crippen LogP contribution in [0.5, 0.6) is 0 Å². The van der Waals surface area contributed by atoms with Crippen LogP contribution in [0.3, 0.4) is 0 Å². The number of nitrogens with two attached hydrogens (primary N) is 1. The summed E-state index contributed by atoms with van der Waals surface area (Å²) in [6.07, 6.45) is 0.854. The number of hydrogen-bond donors (Lipinski definition) is 1. The number of carbonyl (C=O) groups is 2. The molecule has 4 aromatic rings. The lowest BCUT2D eigenvalue weighted by Gasteiger charge is -2.53. The molecule has 1 aliphatic heterocycles. The summed E-state index contributed by atoms with van der Waals surface area (Å²) in [4.78, 5) is 38.7. The van der Waals surface area contributed by atoms with Crippen molar-refractivity contribution in [2.24, 2.45) is 5.73 Å². The fraction of sp³-hybridized carbons (Fsp3) is 0.387. The van der Waals surface area contributed by atoms with Gasteiger partial charge in [0, 0.05) is 29.5 Å². The number of hydrogen-bond acceptors (Lipinski definition) is 7. The van der Waals surface area contributed by atoms with E-state index in [2.05, 4.69) is 35.7 Å². The molecule has 0 atom stereocenters. The number of ketones is 1. The Labute approximate surface area is 254 Å². The van der Waals surface area contributed by atoms with Crippen LogP contribution in [0.15, 0.2) is 55.2 Å². The molecule has 1 fully saturated rings. The maximum absolute atomic E-state index is 14.3. The van der Waals surface area contributed by atoms with Crippen LogP contribution in [0.1, 0.15) is 61.8 Å². The summed E-state index contributed by atoms with van der Waals surface area (Å²) in [6, 6.07) is 6.17. The molecule has 13 heteroatoms. The maximum Gasteiger partial charge on any atom is 0.417 e. The second-order valence-corrected chi connectivity index (χ2v) is 14.3. The Hall–Kier alpha value is -3.94. The van der Waals surface area contributed by atoms with Crippen LogP contribution in [0.25, 0.3) is 22.2 Å². The molecule has 3 aromatic heterocycles. The summed E-state index contributed by atoms with van der Waals surface area (Å²) >= 11 is 0. The molecule has 1 amide bonds. The number of nitrogens with zero attached hydrogens (tertiary/aromatic N) is 4. The lowest BCUT2D eigenvalue weighted by atomic mass is 9.80. The number of pyridine rings is 1. The largest absolute Gasteiger partial charge is 0.417 e. The van der Waals surface area contributed by atoms with E-state index in [4.69, 9.17) is 14.9 Å². The van der Waals surface area contributed by atoms with Crippen LogP contribution in [0, 0.1) is 0 Å². The highest BCUT2D eigenvalue weighted by Crippen LogP contribution is 2.44. The average Bonchev–Trinajstić information content (AvgIpc) is 3.29. The third kappa shape index (κ3) is 5.78. The normalized spacial score (nSPS) is 15.3. The number of benzene rings is 1. The molecule has 2 N–H and O–H groups in total. The fourth-order valence-corrected chi connectivity index (χ4v) is 5.98. The second-order valence-electron chi connectivity index (χ2n) is 12.4. The first-order valence-corrected chi connectivity index (χ1v) is 14.8. The zero-order chi connectivity index (χ0) is 32.1. The first-order chi connectivity index (χ1) is 20.5. The van der Waals surface area contributed by atoms with E-state index >= 15 is 0 Å². The topological polar surface area (TPSA) is 122 Å². The molecule has 0 spiro atoms. The van der Waals surface area contributed by atoms with Gasteiger partial charge in [-0.15, -0.1) is 0 Å². The van der Waals surface area contributed by atoms with Crippen molar-refractivity contribution >= 4 is 32.5 Å². The van der Waals surface area contributed by atoms with E-state index in [0.717, 1.165) is 6.07 Å². The smallest absolute Gasteiger partial charge is 0.409 e. The van der Waals surface area contributed by atoms with Crippen LogP contribution >= 0.6 is 0 Å². The number of halogens is 3. The van der Waals surface area contributed by atoms with E-state index < -0.39 is 34.6 Å². The zero-order valence-electron chi connectivity index (χ0n) is 25.0. The van der Waals surface area contributed by atoms with Crippen LogP contribution in [0.2, 0.25) is 5.04 Å². The number of ether oxygens (including phenoxy) is 1. The number of carbonyl (C=O) groups excluding carboxylic acids is 2. The molecule has 2 radical (unpaired) electrons. The minimum Gasteiger partial charge on any atom is -0.409 e. The number of primary amides is 1. The van der Waals surface area contributed by atoms with Crippen molar-refractivity contribution in [1.29, 1.82) is 0 Å². The predicted octanol–water partition coefficient (Wildman–Crippen LogP) is 5.13. The molecule has 44 heavy (non-hydrogen) atoms. The molecule has 9 nitrogen and oxygen atoms in total. The van der Waals surface area contributed by atoms with Crippen molar-refractivity contribution in [3.05, 3.63) is 77.6 Å². The van der Waals surface area contributed by atoms with Gasteiger partial charge in [0.1, 0.15) is 23.2 Å². The Kier molecular flexibility index (Phi) is 8.02. The van der Waals surface area contributed by atoms with Gasteiger partial charge >= 0.3 is 6.18 Å². The molecular weight excluding hydrogens is 591 g/mol. The van der Waals surface area contributed by atoms with Gasteiger partial charge in [-0.05, 0) is 48.2 Å². The SMILES string of the molecule is CC(C)(C)[Si]OC(C)(C)C1(n2cc(C(=O)c3ncccc3-c3cc(CC(N)=O)ccc3C(F)(F)F)c3cncnc32)COC1. The van der Waals surface area contributed by atoms with Crippen molar-refractivity contribution in [3.8, 4) is 11.1 Å². The Bertz CT molecular complexity index is 1740. The monoisotopic (exact) mass is 623 g/mol. The summed E-state index contributed by atoms with van der Waals surface area (Å²) in [5.41, 5.74) is 3.26. The Morgan fingerprint density at radius 3 is 2.43 bits per heavy atom. The zero-order valence-corrected chi connectivity index (χ0v) is 26.0. The first-order valence-electron chi connectivity index (χ1n) is 13.9. The van der Waals surface area contributed by atoms with Gasteiger partial charge in [-0.3, -0.25) is 14.6 Å². The van der Waals surface area contributed by atoms with Crippen LogP contribution < -0.4 is 5.73 Å². The lowest BCUT2D eigenvalue weighted by Crippen LogP contribution is -2.65. The van der Waals surface area contributed by atoms with Gasteiger partial charge in [0.25, 0.3) is 0 Å². The molecule has 5 rings (SSSR count). The third-order valence-corrected chi connectivity index (χ3v) is 8.89. The molecule has 0 unspecified atom stereocenters. The molecule has 1 saturated heterocycles. The Morgan fingerprint density at radius 2 is 1.82 bits per heavy atom. The number of amides is 1. The summed E-state index contributed by atoms with van der Waals surface area (Å²) < 4.78 is 56.6. The maximum atomic E-state index is 14.3. The van der Waals surface area contributed by atoms with Crippen molar-refractivity contribution in [2.75, 3.05) is 13.2 Å². The number of alkyl halides is 3. The van der Waals surface area contributed by atoms with Crippen molar-refractivity contribution in [3.63, 3.8) is 0 Å². The van der Waals surface area contributed by atoms with Crippen LogP contribution in [0.4, 0.5) is 13.2 Å². The third-order valence-electron chi connectivity index (χ3n) is 7.67. The first kappa shape index (κ1) is 31.5. The molecule has 230 valence electrons. The van der Waals surface area contributed by atoms with E-state index in [9.17, 15) is 22.8 Å².